The second kappa shape index (κ2) is 8.12. The maximum absolute atomic E-state index is 13.4. The smallest absolute Gasteiger partial charge is 0.219 e. The van der Waals surface area contributed by atoms with E-state index in [1.165, 1.54) is 24.3 Å². The van der Waals surface area contributed by atoms with Crippen LogP contribution in [0.3, 0.4) is 0 Å². The van der Waals surface area contributed by atoms with Crippen LogP contribution >= 0.6 is 0 Å². The van der Waals surface area contributed by atoms with Crippen LogP contribution in [-0.4, -0.2) is 44.0 Å². The molecule has 3 aromatic rings. The van der Waals surface area contributed by atoms with Gasteiger partial charge in [-0.05, 0) is 30.3 Å². The standard InChI is InChI=1S/C16H14F3N5O4S2/c17-16(18,19)13-7-6-12(29(25,26)11-4-2-1-3-5-11)10-14(13)30(27,28)20-9-8-15-21-23-24-22-15/h1-7,10,20H,8-9H2,(H,21,22,23,24). The molecule has 14 heteroatoms. The topological polar surface area (TPSA) is 135 Å². The number of sulfone groups is 1. The lowest BCUT2D eigenvalue weighted by Gasteiger charge is -2.15. The quantitative estimate of drug-likeness (QED) is 0.545. The summed E-state index contributed by atoms with van der Waals surface area (Å²) in [5.41, 5.74) is -1.48. The number of alkyl halides is 3. The molecule has 0 saturated carbocycles. The Morgan fingerprint density at radius 2 is 1.67 bits per heavy atom. The zero-order valence-corrected chi connectivity index (χ0v) is 16.6. The van der Waals surface area contributed by atoms with Crippen molar-refractivity contribution in [1.29, 1.82) is 0 Å². The van der Waals surface area contributed by atoms with E-state index in [-0.39, 0.29) is 23.7 Å². The van der Waals surface area contributed by atoms with Gasteiger partial charge in [-0.1, -0.05) is 23.4 Å². The van der Waals surface area contributed by atoms with Gasteiger partial charge in [0, 0.05) is 13.0 Å². The Bertz CT molecular complexity index is 1230. The van der Waals surface area contributed by atoms with Gasteiger partial charge in [0.25, 0.3) is 0 Å². The van der Waals surface area contributed by atoms with Crippen LogP contribution in [-0.2, 0) is 32.5 Å². The first-order chi connectivity index (χ1) is 14.0. The minimum atomic E-state index is -5.02. The van der Waals surface area contributed by atoms with E-state index in [1.54, 1.807) is 6.07 Å². The second-order valence-corrected chi connectivity index (χ2v) is 9.63. The first-order valence-electron chi connectivity index (χ1n) is 8.25. The summed E-state index contributed by atoms with van der Waals surface area (Å²) < 4.78 is 92.8. The predicted octanol–water partition coefficient (Wildman–Crippen LogP) is 1.57. The number of halogens is 3. The lowest BCUT2D eigenvalue weighted by atomic mass is 10.2. The molecule has 0 spiro atoms. The average molecular weight is 461 g/mol. The van der Waals surface area contributed by atoms with Gasteiger partial charge in [0.15, 0.2) is 5.82 Å². The molecule has 1 heterocycles. The molecule has 0 saturated heterocycles. The molecule has 0 unspecified atom stereocenters. The number of nitrogens with zero attached hydrogens (tertiary/aromatic N) is 3. The summed E-state index contributed by atoms with van der Waals surface area (Å²) in [6, 6.07) is 8.61. The summed E-state index contributed by atoms with van der Waals surface area (Å²) in [5.74, 6) is 0.147. The van der Waals surface area contributed by atoms with E-state index in [9.17, 15) is 30.0 Å². The van der Waals surface area contributed by atoms with E-state index in [4.69, 9.17) is 0 Å². The second-order valence-electron chi connectivity index (χ2n) is 5.95. The number of nitrogens with one attached hydrogen (secondary N) is 2. The number of hydrogen-bond donors (Lipinski definition) is 2. The number of aromatic amines is 1. The van der Waals surface area contributed by atoms with E-state index in [1.807, 2.05) is 4.72 Å². The molecule has 0 atom stereocenters. The van der Waals surface area contributed by atoms with Gasteiger partial charge in [0.05, 0.1) is 20.2 Å². The Morgan fingerprint density at radius 1 is 0.967 bits per heavy atom. The van der Waals surface area contributed by atoms with Crippen molar-refractivity contribution in [3.63, 3.8) is 0 Å². The molecule has 0 bridgehead atoms. The lowest BCUT2D eigenvalue weighted by molar-refractivity contribution is -0.139. The number of rotatable bonds is 7. The van der Waals surface area contributed by atoms with Gasteiger partial charge in [-0.2, -0.15) is 18.4 Å². The molecule has 0 aliphatic heterocycles. The highest BCUT2D eigenvalue weighted by Gasteiger charge is 2.38. The summed E-state index contributed by atoms with van der Waals surface area (Å²) in [7, 11) is -8.94. The molecule has 2 N–H and O–H groups in total. The van der Waals surface area contributed by atoms with Crippen molar-refractivity contribution in [3.05, 3.63) is 59.9 Å². The minimum Gasteiger partial charge on any atom is -0.219 e. The normalized spacial score (nSPS) is 12.8. The third kappa shape index (κ3) is 4.66. The summed E-state index contributed by atoms with van der Waals surface area (Å²) in [4.78, 5) is -1.96. The average Bonchev–Trinajstić information content (AvgIpc) is 3.21. The van der Waals surface area contributed by atoms with Gasteiger partial charge >= 0.3 is 6.18 Å². The van der Waals surface area contributed by atoms with E-state index < -0.39 is 41.4 Å². The number of aromatic nitrogens is 4. The van der Waals surface area contributed by atoms with Crippen molar-refractivity contribution in [2.45, 2.75) is 27.3 Å². The number of H-pyrrole nitrogens is 1. The van der Waals surface area contributed by atoms with Gasteiger partial charge < -0.3 is 0 Å². The Hall–Kier alpha value is -2.84. The van der Waals surface area contributed by atoms with Crippen LogP contribution in [0.4, 0.5) is 13.2 Å². The fraction of sp³-hybridized carbons (Fsp3) is 0.188. The molecule has 0 fully saturated rings. The summed E-state index contributed by atoms with van der Waals surface area (Å²) >= 11 is 0. The van der Waals surface area contributed by atoms with Crippen molar-refractivity contribution in [3.8, 4) is 0 Å². The number of tetrazole rings is 1. The van der Waals surface area contributed by atoms with Crippen molar-refractivity contribution in [2.24, 2.45) is 0 Å². The van der Waals surface area contributed by atoms with E-state index in [0.29, 0.717) is 12.1 Å². The van der Waals surface area contributed by atoms with Crippen molar-refractivity contribution >= 4 is 19.9 Å². The zero-order valence-electron chi connectivity index (χ0n) is 15.0. The molecule has 3 rings (SSSR count). The van der Waals surface area contributed by atoms with Gasteiger partial charge in [0.2, 0.25) is 19.9 Å². The van der Waals surface area contributed by atoms with Crippen LogP contribution in [0.5, 0.6) is 0 Å². The first kappa shape index (κ1) is 21.9. The molecule has 9 nitrogen and oxygen atoms in total. The molecule has 0 aliphatic rings. The Morgan fingerprint density at radius 3 is 2.27 bits per heavy atom. The van der Waals surface area contributed by atoms with Crippen LogP contribution < -0.4 is 4.72 Å². The van der Waals surface area contributed by atoms with Crippen molar-refractivity contribution < 1.29 is 30.0 Å². The van der Waals surface area contributed by atoms with E-state index >= 15 is 0 Å². The van der Waals surface area contributed by atoms with Crippen LogP contribution in [0.2, 0.25) is 0 Å². The molecule has 0 radical (unpaired) electrons. The Kier molecular flexibility index (Phi) is 5.92. The molecule has 2 aromatic carbocycles. The fourth-order valence-electron chi connectivity index (χ4n) is 2.53. The largest absolute Gasteiger partial charge is 0.417 e. The van der Waals surface area contributed by atoms with Crippen LogP contribution in [0.1, 0.15) is 11.4 Å². The maximum atomic E-state index is 13.4. The third-order valence-corrected chi connectivity index (χ3v) is 7.21. The molecule has 30 heavy (non-hydrogen) atoms. The first-order valence-corrected chi connectivity index (χ1v) is 11.2. The molecular formula is C16H14F3N5O4S2. The molecular weight excluding hydrogens is 447 g/mol. The Labute approximate surface area is 169 Å². The van der Waals surface area contributed by atoms with Gasteiger partial charge in [-0.3, -0.25) is 0 Å². The highest BCUT2D eigenvalue weighted by atomic mass is 32.2. The zero-order chi connectivity index (χ0) is 22.0. The highest BCUT2D eigenvalue weighted by Crippen LogP contribution is 2.36. The highest BCUT2D eigenvalue weighted by molar-refractivity contribution is 7.91. The Balaban J connectivity index is 2.01. The number of benzene rings is 2. The summed E-state index contributed by atoms with van der Waals surface area (Å²) in [6.07, 6.45) is -5.06. The SMILES string of the molecule is O=S(=O)(NCCc1nn[nH]n1)c1cc(S(=O)(=O)c2ccccc2)ccc1C(F)(F)F. The van der Waals surface area contributed by atoms with Crippen molar-refractivity contribution in [1.82, 2.24) is 25.3 Å². The number of sulfonamides is 1. The number of hydrogen-bond acceptors (Lipinski definition) is 7. The van der Waals surface area contributed by atoms with E-state index in [2.05, 4.69) is 20.6 Å². The molecule has 1 aromatic heterocycles. The van der Waals surface area contributed by atoms with Gasteiger partial charge in [0.1, 0.15) is 0 Å². The van der Waals surface area contributed by atoms with Crippen LogP contribution in [0.15, 0.2) is 63.2 Å². The summed E-state index contributed by atoms with van der Waals surface area (Å²) in [6.45, 7) is -0.325. The fourth-order valence-corrected chi connectivity index (χ4v) is 5.19. The van der Waals surface area contributed by atoms with Gasteiger partial charge in [-0.15, -0.1) is 10.2 Å². The molecule has 0 amide bonds. The molecule has 160 valence electrons. The van der Waals surface area contributed by atoms with Gasteiger partial charge in [-0.25, -0.2) is 21.6 Å². The van der Waals surface area contributed by atoms with Crippen LogP contribution in [0, 0.1) is 0 Å². The maximum Gasteiger partial charge on any atom is 0.417 e. The van der Waals surface area contributed by atoms with E-state index in [0.717, 1.165) is 6.07 Å². The monoisotopic (exact) mass is 461 g/mol. The predicted molar refractivity (Wildman–Crippen MR) is 96.4 cm³/mol. The minimum absolute atomic E-state index is 0.0426. The molecule has 0 aliphatic carbocycles. The lowest BCUT2D eigenvalue weighted by Crippen LogP contribution is -2.28. The third-order valence-electron chi connectivity index (χ3n) is 3.94. The summed E-state index contributed by atoms with van der Waals surface area (Å²) in [5, 5.41) is 12.6. The van der Waals surface area contributed by atoms with Crippen LogP contribution in [0.25, 0.3) is 0 Å². The van der Waals surface area contributed by atoms with Crippen molar-refractivity contribution in [2.75, 3.05) is 6.54 Å².